The van der Waals surface area contributed by atoms with E-state index in [-0.39, 0.29) is 23.7 Å². The summed E-state index contributed by atoms with van der Waals surface area (Å²) in [7, 11) is 1.28. The molecule has 30 heavy (non-hydrogen) atoms. The van der Waals surface area contributed by atoms with Crippen molar-refractivity contribution in [2.75, 3.05) is 18.6 Å². The molecule has 7 heteroatoms. The number of hydrogen-bond donors (Lipinski definition) is 0. The van der Waals surface area contributed by atoms with Gasteiger partial charge in [0.1, 0.15) is 0 Å². The summed E-state index contributed by atoms with van der Waals surface area (Å²) in [6.07, 6.45) is 1.66. The van der Waals surface area contributed by atoms with Crippen LogP contribution in [0.3, 0.4) is 0 Å². The van der Waals surface area contributed by atoms with Crippen molar-refractivity contribution < 1.29 is 23.9 Å². The SMILES string of the molecule is CCOC(=O)c1ccc(N2C(=O)/C(=C\c3ccc(Br)cc3)C(C(=O)OC)=C2C)cc1. The molecule has 0 fully saturated rings. The van der Waals surface area contributed by atoms with Crippen molar-refractivity contribution in [2.24, 2.45) is 0 Å². The van der Waals surface area contributed by atoms with Gasteiger partial charge in [-0.1, -0.05) is 28.1 Å². The minimum Gasteiger partial charge on any atom is -0.465 e. The Labute approximate surface area is 182 Å². The molecule has 1 aliphatic rings. The summed E-state index contributed by atoms with van der Waals surface area (Å²) in [5.41, 5.74) is 2.60. The number of nitrogens with zero attached hydrogens (tertiary/aromatic N) is 1. The highest BCUT2D eigenvalue weighted by Gasteiger charge is 2.37. The first-order valence-electron chi connectivity index (χ1n) is 9.25. The number of halogens is 1. The molecule has 1 aliphatic heterocycles. The molecule has 3 rings (SSSR count). The second-order valence-electron chi connectivity index (χ2n) is 6.47. The molecule has 2 aromatic carbocycles. The lowest BCUT2D eigenvalue weighted by atomic mass is 10.0. The molecule has 0 spiro atoms. The van der Waals surface area contributed by atoms with E-state index in [1.165, 1.54) is 12.0 Å². The number of methoxy groups -OCH3 is 1. The average Bonchev–Trinajstić information content (AvgIpc) is 2.99. The van der Waals surface area contributed by atoms with Crippen molar-refractivity contribution in [3.05, 3.63) is 81.0 Å². The lowest BCUT2D eigenvalue weighted by Crippen LogP contribution is -2.24. The Kier molecular flexibility index (Phi) is 6.52. The topological polar surface area (TPSA) is 72.9 Å². The summed E-state index contributed by atoms with van der Waals surface area (Å²) < 4.78 is 10.8. The minimum absolute atomic E-state index is 0.208. The maximum absolute atomic E-state index is 13.2. The number of benzene rings is 2. The van der Waals surface area contributed by atoms with E-state index in [9.17, 15) is 14.4 Å². The van der Waals surface area contributed by atoms with Gasteiger partial charge in [-0.15, -0.1) is 0 Å². The highest BCUT2D eigenvalue weighted by molar-refractivity contribution is 9.10. The van der Waals surface area contributed by atoms with Gasteiger partial charge in [-0.05, 0) is 61.9 Å². The monoisotopic (exact) mass is 469 g/mol. The van der Waals surface area contributed by atoms with Gasteiger partial charge in [-0.2, -0.15) is 0 Å². The average molecular weight is 470 g/mol. The van der Waals surface area contributed by atoms with Crippen molar-refractivity contribution >= 4 is 45.5 Å². The normalized spacial score (nSPS) is 15.0. The van der Waals surface area contributed by atoms with Crippen molar-refractivity contribution in [2.45, 2.75) is 13.8 Å². The Balaban J connectivity index is 2.03. The molecular weight excluding hydrogens is 450 g/mol. The van der Waals surface area contributed by atoms with Crippen LogP contribution in [0, 0.1) is 0 Å². The number of hydrogen-bond acceptors (Lipinski definition) is 5. The zero-order valence-corrected chi connectivity index (χ0v) is 18.4. The van der Waals surface area contributed by atoms with E-state index in [4.69, 9.17) is 9.47 Å². The van der Waals surface area contributed by atoms with Crippen LogP contribution in [0.1, 0.15) is 29.8 Å². The number of allylic oxidation sites excluding steroid dienone is 1. The Morgan fingerprint density at radius 1 is 1.03 bits per heavy atom. The fourth-order valence-corrected chi connectivity index (χ4v) is 3.44. The van der Waals surface area contributed by atoms with Crippen LogP contribution in [0.5, 0.6) is 0 Å². The molecule has 1 heterocycles. The van der Waals surface area contributed by atoms with Gasteiger partial charge in [0.25, 0.3) is 5.91 Å². The lowest BCUT2D eigenvalue weighted by Gasteiger charge is -2.18. The van der Waals surface area contributed by atoms with Crippen molar-refractivity contribution in [1.29, 1.82) is 0 Å². The number of anilines is 1. The summed E-state index contributed by atoms with van der Waals surface area (Å²) in [6.45, 7) is 3.70. The van der Waals surface area contributed by atoms with E-state index in [1.807, 2.05) is 24.3 Å². The van der Waals surface area contributed by atoms with Gasteiger partial charge in [-0.25, -0.2) is 9.59 Å². The van der Waals surface area contributed by atoms with Crippen molar-refractivity contribution in [1.82, 2.24) is 0 Å². The summed E-state index contributed by atoms with van der Waals surface area (Å²) in [5.74, 6) is -1.37. The van der Waals surface area contributed by atoms with Gasteiger partial charge in [0.2, 0.25) is 0 Å². The lowest BCUT2D eigenvalue weighted by molar-refractivity contribution is -0.136. The number of ether oxygens (including phenoxy) is 2. The molecule has 0 unspecified atom stereocenters. The molecule has 154 valence electrons. The summed E-state index contributed by atoms with van der Waals surface area (Å²) in [5, 5.41) is 0. The van der Waals surface area contributed by atoms with Crippen LogP contribution in [0.4, 0.5) is 5.69 Å². The van der Waals surface area contributed by atoms with Gasteiger partial charge < -0.3 is 9.47 Å². The second-order valence-corrected chi connectivity index (χ2v) is 7.39. The number of amides is 1. The van der Waals surface area contributed by atoms with E-state index in [0.29, 0.717) is 16.9 Å². The molecule has 0 saturated carbocycles. The second kappa shape index (κ2) is 9.09. The molecular formula is C23H20BrNO5. The molecule has 2 aromatic rings. The van der Waals surface area contributed by atoms with Crippen LogP contribution in [0.25, 0.3) is 6.08 Å². The first-order chi connectivity index (χ1) is 14.4. The van der Waals surface area contributed by atoms with Gasteiger partial charge in [0.05, 0.1) is 30.4 Å². The fourth-order valence-electron chi connectivity index (χ4n) is 3.18. The Hall–Kier alpha value is -3.19. The van der Waals surface area contributed by atoms with E-state index < -0.39 is 11.9 Å². The smallest absolute Gasteiger partial charge is 0.340 e. The fraction of sp³-hybridized carbons (Fsp3) is 0.174. The highest BCUT2D eigenvalue weighted by Crippen LogP contribution is 2.35. The van der Waals surface area contributed by atoms with Crippen LogP contribution < -0.4 is 4.90 Å². The predicted octanol–water partition coefficient (Wildman–Crippen LogP) is 4.50. The van der Waals surface area contributed by atoms with E-state index in [0.717, 1.165) is 10.0 Å². The molecule has 0 aromatic heterocycles. The van der Waals surface area contributed by atoms with Crippen LogP contribution in [-0.2, 0) is 19.1 Å². The van der Waals surface area contributed by atoms with Crippen molar-refractivity contribution in [3.8, 4) is 0 Å². The molecule has 0 radical (unpaired) electrons. The Morgan fingerprint density at radius 2 is 1.67 bits per heavy atom. The van der Waals surface area contributed by atoms with Gasteiger partial charge in [-0.3, -0.25) is 9.69 Å². The zero-order chi connectivity index (χ0) is 21.8. The maximum Gasteiger partial charge on any atom is 0.340 e. The first kappa shape index (κ1) is 21.5. The maximum atomic E-state index is 13.2. The standard InChI is InChI=1S/C23H20BrNO5/c1-4-30-22(27)16-7-11-18(12-8-16)25-14(2)20(23(28)29-3)19(21(25)26)13-15-5-9-17(24)10-6-15/h5-13H,4H2,1-3H3/b19-13-. The third-order valence-corrected chi connectivity index (χ3v) is 5.14. The van der Waals surface area contributed by atoms with E-state index in [1.54, 1.807) is 44.2 Å². The predicted molar refractivity (Wildman–Crippen MR) is 117 cm³/mol. The Morgan fingerprint density at radius 3 is 2.23 bits per heavy atom. The largest absolute Gasteiger partial charge is 0.465 e. The van der Waals surface area contributed by atoms with Crippen LogP contribution in [0.15, 0.2) is 69.8 Å². The quantitative estimate of drug-likeness (QED) is 0.475. The third kappa shape index (κ3) is 4.21. The van der Waals surface area contributed by atoms with Gasteiger partial charge in [0.15, 0.2) is 0 Å². The summed E-state index contributed by atoms with van der Waals surface area (Å²) in [4.78, 5) is 39.0. The number of rotatable bonds is 5. The van der Waals surface area contributed by atoms with E-state index >= 15 is 0 Å². The van der Waals surface area contributed by atoms with Crippen LogP contribution >= 0.6 is 15.9 Å². The van der Waals surface area contributed by atoms with Gasteiger partial charge >= 0.3 is 11.9 Å². The molecule has 0 N–H and O–H groups in total. The summed E-state index contributed by atoms with van der Waals surface area (Å²) in [6, 6.07) is 13.8. The third-order valence-electron chi connectivity index (χ3n) is 4.61. The number of esters is 2. The number of carbonyl (C=O) groups is 3. The molecule has 0 bridgehead atoms. The zero-order valence-electron chi connectivity index (χ0n) is 16.8. The summed E-state index contributed by atoms with van der Waals surface area (Å²) >= 11 is 3.38. The molecule has 1 amide bonds. The highest BCUT2D eigenvalue weighted by atomic mass is 79.9. The molecule has 0 atom stereocenters. The number of carbonyl (C=O) groups excluding carboxylic acids is 3. The molecule has 0 saturated heterocycles. The van der Waals surface area contributed by atoms with Gasteiger partial charge in [0, 0.05) is 15.9 Å². The van der Waals surface area contributed by atoms with Crippen LogP contribution in [-0.4, -0.2) is 31.6 Å². The minimum atomic E-state index is -0.588. The first-order valence-corrected chi connectivity index (χ1v) is 10.0. The molecule has 0 aliphatic carbocycles. The Bertz CT molecular complexity index is 1050. The van der Waals surface area contributed by atoms with E-state index in [2.05, 4.69) is 15.9 Å². The van der Waals surface area contributed by atoms with Crippen molar-refractivity contribution in [3.63, 3.8) is 0 Å². The van der Waals surface area contributed by atoms with Crippen LogP contribution in [0.2, 0.25) is 0 Å². The molecule has 6 nitrogen and oxygen atoms in total.